The zero-order chi connectivity index (χ0) is 18.1. The Kier molecular flexibility index (Phi) is 6.59. The first-order chi connectivity index (χ1) is 12.1. The van der Waals surface area contributed by atoms with Gasteiger partial charge in [0, 0.05) is 12.1 Å². The SMILES string of the molecule is O=C(NCCC=Cc1cc(C(=O)O)ccc1O)OCc1ccccc1. The molecule has 2 aromatic carbocycles. The first-order valence-corrected chi connectivity index (χ1v) is 7.73. The van der Waals surface area contributed by atoms with Crippen molar-refractivity contribution in [2.24, 2.45) is 0 Å². The Labute approximate surface area is 145 Å². The van der Waals surface area contributed by atoms with Crippen LogP contribution in [0.15, 0.2) is 54.6 Å². The second-order valence-corrected chi connectivity index (χ2v) is 5.26. The summed E-state index contributed by atoms with van der Waals surface area (Å²) in [7, 11) is 0. The Morgan fingerprint density at radius 1 is 1.12 bits per heavy atom. The molecule has 0 aromatic heterocycles. The molecule has 0 radical (unpaired) electrons. The molecule has 0 aliphatic rings. The normalized spacial score (nSPS) is 10.6. The minimum Gasteiger partial charge on any atom is -0.507 e. The number of phenolic OH excluding ortho intramolecular Hbond substituents is 1. The van der Waals surface area contributed by atoms with E-state index in [0.29, 0.717) is 18.5 Å². The topological polar surface area (TPSA) is 95.9 Å². The van der Waals surface area contributed by atoms with Gasteiger partial charge in [-0.2, -0.15) is 0 Å². The van der Waals surface area contributed by atoms with Crippen LogP contribution in [0.5, 0.6) is 5.75 Å². The highest BCUT2D eigenvalue weighted by atomic mass is 16.5. The number of carbonyl (C=O) groups is 2. The van der Waals surface area contributed by atoms with Gasteiger partial charge in [0.2, 0.25) is 0 Å². The summed E-state index contributed by atoms with van der Waals surface area (Å²) in [6.45, 7) is 0.571. The smallest absolute Gasteiger partial charge is 0.407 e. The maximum atomic E-state index is 11.6. The molecule has 0 atom stereocenters. The van der Waals surface area contributed by atoms with Crippen LogP contribution < -0.4 is 5.32 Å². The Balaban J connectivity index is 1.73. The summed E-state index contributed by atoms with van der Waals surface area (Å²) in [5.74, 6) is -1.06. The average molecular weight is 341 g/mol. The average Bonchev–Trinajstić information content (AvgIpc) is 2.61. The van der Waals surface area contributed by atoms with Crippen LogP contribution in [0.1, 0.15) is 27.9 Å². The van der Waals surface area contributed by atoms with Crippen LogP contribution in [0, 0.1) is 0 Å². The number of aromatic carboxylic acids is 1. The van der Waals surface area contributed by atoms with Crippen molar-refractivity contribution in [1.82, 2.24) is 5.32 Å². The maximum absolute atomic E-state index is 11.6. The molecular weight excluding hydrogens is 322 g/mol. The van der Waals surface area contributed by atoms with Gasteiger partial charge in [0.05, 0.1) is 5.56 Å². The number of phenols is 1. The fourth-order valence-electron chi connectivity index (χ4n) is 2.06. The Morgan fingerprint density at radius 3 is 2.60 bits per heavy atom. The van der Waals surface area contributed by atoms with Gasteiger partial charge in [0.25, 0.3) is 0 Å². The molecule has 0 heterocycles. The quantitative estimate of drug-likeness (QED) is 0.671. The van der Waals surface area contributed by atoms with Crippen molar-refractivity contribution in [3.63, 3.8) is 0 Å². The van der Waals surface area contributed by atoms with Crippen LogP contribution in [-0.2, 0) is 11.3 Å². The lowest BCUT2D eigenvalue weighted by Gasteiger charge is -2.06. The van der Waals surface area contributed by atoms with Crippen molar-refractivity contribution < 1.29 is 24.5 Å². The lowest BCUT2D eigenvalue weighted by atomic mass is 10.1. The van der Waals surface area contributed by atoms with Gasteiger partial charge < -0.3 is 20.3 Å². The van der Waals surface area contributed by atoms with Gasteiger partial charge in [-0.05, 0) is 30.2 Å². The summed E-state index contributed by atoms with van der Waals surface area (Å²) in [4.78, 5) is 22.5. The third-order valence-corrected chi connectivity index (χ3v) is 3.36. The molecule has 0 aliphatic carbocycles. The van der Waals surface area contributed by atoms with E-state index in [9.17, 15) is 14.7 Å². The molecule has 3 N–H and O–H groups in total. The minimum atomic E-state index is -1.06. The minimum absolute atomic E-state index is 0.00326. The number of carboxylic acids is 1. The molecule has 0 aliphatic heterocycles. The van der Waals surface area contributed by atoms with Crippen molar-refractivity contribution in [2.75, 3.05) is 6.54 Å². The molecule has 0 spiro atoms. The molecule has 0 unspecified atom stereocenters. The number of ether oxygens (including phenoxy) is 1. The van der Waals surface area contributed by atoms with Crippen molar-refractivity contribution >= 4 is 18.1 Å². The first-order valence-electron chi connectivity index (χ1n) is 7.73. The molecule has 6 nitrogen and oxygen atoms in total. The van der Waals surface area contributed by atoms with Gasteiger partial charge in [0.15, 0.2) is 0 Å². The predicted molar refractivity (Wildman–Crippen MR) is 93.3 cm³/mol. The van der Waals surface area contributed by atoms with E-state index in [1.807, 2.05) is 30.3 Å². The highest BCUT2D eigenvalue weighted by molar-refractivity contribution is 5.88. The van der Waals surface area contributed by atoms with Crippen LogP contribution >= 0.6 is 0 Å². The third kappa shape index (κ3) is 6.02. The maximum Gasteiger partial charge on any atom is 0.407 e. The number of hydrogen-bond acceptors (Lipinski definition) is 4. The van der Waals surface area contributed by atoms with Gasteiger partial charge in [-0.15, -0.1) is 0 Å². The molecule has 130 valence electrons. The standard InChI is InChI=1S/C19H19NO5/c21-17-10-9-16(18(22)23)12-15(17)8-4-5-11-20-19(24)25-13-14-6-2-1-3-7-14/h1-4,6-10,12,21H,5,11,13H2,(H,20,24)(H,22,23). The van der Waals surface area contributed by atoms with Gasteiger partial charge in [-0.1, -0.05) is 42.5 Å². The third-order valence-electron chi connectivity index (χ3n) is 3.36. The molecule has 0 saturated carbocycles. The number of hydrogen-bond donors (Lipinski definition) is 3. The fraction of sp³-hybridized carbons (Fsp3) is 0.158. The van der Waals surface area contributed by atoms with E-state index in [2.05, 4.69) is 5.32 Å². The summed E-state index contributed by atoms with van der Waals surface area (Å²) in [6.07, 6.45) is 3.35. The number of aromatic hydroxyl groups is 1. The molecular formula is C19H19NO5. The van der Waals surface area contributed by atoms with Gasteiger partial charge >= 0.3 is 12.1 Å². The lowest BCUT2D eigenvalue weighted by Crippen LogP contribution is -2.24. The Morgan fingerprint density at radius 2 is 1.88 bits per heavy atom. The number of rotatable bonds is 7. The number of benzene rings is 2. The predicted octanol–water partition coefficient (Wildman–Crippen LogP) is 3.42. The van der Waals surface area contributed by atoms with Crippen molar-refractivity contribution in [3.05, 3.63) is 71.3 Å². The molecule has 2 rings (SSSR count). The zero-order valence-electron chi connectivity index (χ0n) is 13.5. The van der Waals surface area contributed by atoms with Crippen LogP contribution in [-0.4, -0.2) is 28.8 Å². The van der Waals surface area contributed by atoms with E-state index in [4.69, 9.17) is 9.84 Å². The first kappa shape index (κ1) is 18.1. The summed E-state index contributed by atoms with van der Waals surface area (Å²) in [6, 6.07) is 13.4. The van der Waals surface area contributed by atoms with E-state index in [0.717, 1.165) is 5.56 Å². The van der Waals surface area contributed by atoms with Gasteiger partial charge in [-0.25, -0.2) is 9.59 Å². The second-order valence-electron chi connectivity index (χ2n) is 5.26. The number of carbonyl (C=O) groups excluding carboxylic acids is 1. The summed E-state index contributed by atoms with van der Waals surface area (Å²) < 4.78 is 5.07. The highest BCUT2D eigenvalue weighted by Crippen LogP contribution is 2.20. The molecule has 6 heteroatoms. The largest absolute Gasteiger partial charge is 0.507 e. The van der Waals surface area contributed by atoms with Crippen LogP contribution in [0.3, 0.4) is 0 Å². The van der Waals surface area contributed by atoms with Crippen LogP contribution in [0.25, 0.3) is 6.08 Å². The monoisotopic (exact) mass is 341 g/mol. The fourth-order valence-corrected chi connectivity index (χ4v) is 2.06. The summed E-state index contributed by atoms with van der Waals surface area (Å²) in [5.41, 5.74) is 1.41. The molecule has 25 heavy (non-hydrogen) atoms. The number of nitrogens with one attached hydrogen (secondary N) is 1. The summed E-state index contributed by atoms with van der Waals surface area (Å²) in [5, 5.41) is 21.3. The molecule has 0 fully saturated rings. The molecule has 0 bridgehead atoms. The Bertz CT molecular complexity index is 756. The number of carboxylic acid groups (broad SMARTS) is 1. The zero-order valence-corrected chi connectivity index (χ0v) is 13.5. The van der Waals surface area contributed by atoms with E-state index >= 15 is 0 Å². The van der Waals surface area contributed by atoms with E-state index in [1.54, 1.807) is 12.2 Å². The Hall–Kier alpha value is -3.28. The second kappa shape index (κ2) is 9.12. The lowest BCUT2D eigenvalue weighted by molar-refractivity contribution is 0.0696. The van der Waals surface area contributed by atoms with E-state index in [1.165, 1.54) is 18.2 Å². The van der Waals surface area contributed by atoms with E-state index in [-0.39, 0.29) is 17.9 Å². The van der Waals surface area contributed by atoms with Crippen LogP contribution in [0.2, 0.25) is 0 Å². The molecule has 2 aromatic rings. The molecule has 1 amide bonds. The van der Waals surface area contributed by atoms with Crippen LogP contribution in [0.4, 0.5) is 4.79 Å². The van der Waals surface area contributed by atoms with E-state index < -0.39 is 12.1 Å². The van der Waals surface area contributed by atoms with Gasteiger partial charge in [0.1, 0.15) is 12.4 Å². The summed E-state index contributed by atoms with van der Waals surface area (Å²) >= 11 is 0. The molecule has 0 saturated heterocycles. The van der Waals surface area contributed by atoms with Crippen molar-refractivity contribution in [3.8, 4) is 5.75 Å². The van der Waals surface area contributed by atoms with Gasteiger partial charge in [-0.3, -0.25) is 0 Å². The highest BCUT2D eigenvalue weighted by Gasteiger charge is 2.05. The number of amides is 1. The van der Waals surface area contributed by atoms with Crippen molar-refractivity contribution in [2.45, 2.75) is 13.0 Å². The number of alkyl carbamates (subject to hydrolysis) is 1. The van der Waals surface area contributed by atoms with Crippen molar-refractivity contribution in [1.29, 1.82) is 0 Å².